The molecule has 0 radical (unpaired) electrons. The topological polar surface area (TPSA) is 51.8 Å². The minimum Gasteiger partial charge on any atom is -0.456 e. The van der Waals surface area contributed by atoms with Crippen molar-refractivity contribution in [1.29, 1.82) is 0 Å². The van der Waals surface area contributed by atoms with Crippen molar-refractivity contribution in [2.75, 3.05) is 0 Å². The summed E-state index contributed by atoms with van der Waals surface area (Å²) in [5.74, 6) is -0.605. The SMILES string of the molecule is [2H]c1c([2H])c([2H])c(-c2nc(-c3c([2H])c([2H])c([2H])c([2H])c3[2H])nc(-c3cccc4c3sc3c(-c5cc(-c6cccc7oc8ccccc8c67)c6c(c5)sc5ccccc56)cccc34)n2)c([2H])c1[2H]. The van der Waals surface area contributed by atoms with E-state index in [4.69, 9.17) is 28.1 Å². The van der Waals surface area contributed by atoms with E-state index in [1.54, 1.807) is 17.4 Å². The Morgan fingerprint density at radius 3 is 1.74 bits per heavy atom. The molecule has 0 N–H and O–H groups in total. The van der Waals surface area contributed by atoms with Gasteiger partial charge in [-0.05, 0) is 58.7 Å². The molecule has 0 spiro atoms. The highest BCUT2D eigenvalue weighted by Gasteiger charge is 2.21. The molecule has 4 aromatic heterocycles. The van der Waals surface area contributed by atoms with Crippen LogP contribution in [-0.2, 0) is 0 Å². The first-order valence-electron chi connectivity index (χ1n) is 23.1. The van der Waals surface area contributed by atoms with Gasteiger partial charge in [-0.15, -0.1) is 22.7 Å². The fourth-order valence-electron chi connectivity index (χ4n) is 7.89. The van der Waals surface area contributed by atoms with Gasteiger partial charge in [-0.25, -0.2) is 15.0 Å². The van der Waals surface area contributed by atoms with Crippen molar-refractivity contribution in [3.05, 3.63) is 176 Å². The third-order valence-corrected chi connectivity index (χ3v) is 12.7. The van der Waals surface area contributed by atoms with Gasteiger partial charge in [-0.2, -0.15) is 0 Å². The second-order valence-electron chi connectivity index (χ2n) is 13.5. The van der Waals surface area contributed by atoms with Crippen molar-refractivity contribution >= 4 is 85.0 Å². The number of fused-ring (bicyclic) bond motifs is 9. The van der Waals surface area contributed by atoms with Gasteiger partial charge in [0.15, 0.2) is 17.5 Å². The highest BCUT2D eigenvalue weighted by atomic mass is 32.1. The molecule has 4 heterocycles. The minimum atomic E-state index is -0.603. The molecule has 0 aliphatic rings. The summed E-state index contributed by atoms with van der Waals surface area (Å²) in [6.07, 6.45) is 0. The number of benzene rings is 8. The summed E-state index contributed by atoms with van der Waals surface area (Å²) in [5, 5.41) is 6.25. The van der Waals surface area contributed by atoms with Crippen LogP contribution < -0.4 is 0 Å². The molecule has 8 aromatic carbocycles. The summed E-state index contributed by atoms with van der Waals surface area (Å²) in [7, 11) is 0. The van der Waals surface area contributed by atoms with Crippen LogP contribution in [0.3, 0.4) is 0 Å². The smallest absolute Gasteiger partial charge is 0.165 e. The predicted molar refractivity (Wildman–Crippen MR) is 240 cm³/mol. The van der Waals surface area contributed by atoms with E-state index in [0.29, 0.717) is 5.56 Å². The number of thiophene rings is 2. The van der Waals surface area contributed by atoms with Crippen molar-refractivity contribution in [2.45, 2.75) is 0 Å². The van der Waals surface area contributed by atoms with E-state index < -0.39 is 60.4 Å². The molecule has 12 aromatic rings. The Bertz CT molecular complexity index is 4000. The Hall–Kier alpha value is -6.99. The molecular weight excluding hydrogens is 735 g/mol. The van der Waals surface area contributed by atoms with Gasteiger partial charge in [0.25, 0.3) is 0 Å². The zero-order chi connectivity index (χ0) is 46.2. The van der Waals surface area contributed by atoms with Gasteiger partial charge in [-0.3, -0.25) is 0 Å². The maximum atomic E-state index is 8.80. The first-order chi connectivity index (χ1) is 32.4. The molecule has 0 unspecified atom stereocenters. The fourth-order valence-corrected chi connectivity index (χ4v) is 10.4. The summed E-state index contributed by atoms with van der Waals surface area (Å²) >= 11 is 3.27. The standard InChI is InChI=1S/C51H29N3OS2/c1-3-14-30(15-4-1)49-52-50(31-16-5-2-6-17-31)54-51(53-49)39-24-12-23-36-35-22-11-20-33(47(35)57-48(36)39)32-28-40(46-38-19-8-10-27-43(38)56-44(46)29-32)34-21-13-26-42-45(34)37-18-7-9-25-41(37)55-42/h1-29H/i1D,2D,3D,4D,5D,6D,14D,15D,16D,17D. The van der Waals surface area contributed by atoms with Crippen molar-refractivity contribution in [2.24, 2.45) is 0 Å². The lowest BCUT2D eigenvalue weighted by Gasteiger charge is -2.11. The van der Waals surface area contributed by atoms with E-state index in [0.717, 1.165) is 74.5 Å². The maximum absolute atomic E-state index is 8.80. The first-order valence-corrected chi connectivity index (χ1v) is 19.7. The molecule has 4 nitrogen and oxygen atoms in total. The van der Waals surface area contributed by atoms with Gasteiger partial charge >= 0.3 is 0 Å². The number of furan rings is 1. The van der Waals surface area contributed by atoms with Crippen LogP contribution in [-0.4, -0.2) is 15.0 Å². The van der Waals surface area contributed by atoms with Crippen molar-refractivity contribution in [1.82, 2.24) is 15.0 Å². The summed E-state index contributed by atoms with van der Waals surface area (Å²) in [4.78, 5) is 14.0. The number of hydrogen-bond donors (Lipinski definition) is 0. The van der Waals surface area contributed by atoms with Gasteiger partial charge in [-0.1, -0.05) is 139 Å². The molecule has 12 rings (SSSR count). The predicted octanol–water partition coefficient (Wildman–Crippen LogP) is 14.8. The van der Waals surface area contributed by atoms with E-state index in [1.807, 2.05) is 48.5 Å². The molecule has 57 heavy (non-hydrogen) atoms. The minimum absolute atomic E-state index is 0.0201. The second kappa shape index (κ2) is 12.8. The van der Waals surface area contributed by atoms with E-state index in [9.17, 15) is 0 Å². The fraction of sp³-hybridized carbons (Fsp3) is 0. The maximum Gasteiger partial charge on any atom is 0.165 e. The molecule has 0 atom stereocenters. The molecule has 0 saturated heterocycles. The molecule has 0 aliphatic heterocycles. The quantitative estimate of drug-likeness (QED) is 0.175. The van der Waals surface area contributed by atoms with E-state index in [-0.39, 0.29) is 28.6 Å². The van der Waals surface area contributed by atoms with Crippen LogP contribution in [0.15, 0.2) is 180 Å². The Labute approximate surface area is 349 Å². The zero-order valence-electron chi connectivity index (χ0n) is 39.5. The molecule has 0 amide bonds. The number of hydrogen-bond acceptors (Lipinski definition) is 6. The largest absolute Gasteiger partial charge is 0.456 e. The average molecular weight is 774 g/mol. The van der Waals surface area contributed by atoms with Gasteiger partial charge in [0, 0.05) is 67.8 Å². The van der Waals surface area contributed by atoms with Gasteiger partial charge in [0.2, 0.25) is 0 Å². The van der Waals surface area contributed by atoms with Crippen LogP contribution in [0.1, 0.15) is 13.7 Å². The number of rotatable bonds is 5. The number of aromatic nitrogens is 3. The molecule has 0 aliphatic carbocycles. The normalized spacial score (nSPS) is 14.3. The molecule has 266 valence electrons. The van der Waals surface area contributed by atoms with E-state index in [1.165, 1.54) is 21.4 Å². The zero-order valence-corrected chi connectivity index (χ0v) is 31.2. The highest BCUT2D eigenvalue weighted by molar-refractivity contribution is 7.27. The monoisotopic (exact) mass is 773 g/mol. The van der Waals surface area contributed by atoms with Gasteiger partial charge in [0.05, 0.1) is 13.7 Å². The number of para-hydroxylation sites is 1. The van der Waals surface area contributed by atoms with Crippen molar-refractivity contribution < 1.29 is 18.1 Å². The summed E-state index contributed by atoms with van der Waals surface area (Å²) in [6, 6.07) is 33.3. The van der Waals surface area contributed by atoms with Crippen molar-refractivity contribution in [3.63, 3.8) is 0 Å². The molecule has 0 saturated carbocycles. The van der Waals surface area contributed by atoms with Crippen LogP contribution in [0.5, 0.6) is 0 Å². The van der Waals surface area contributed by atoms with Gasteiger partial charge in [0.1, 0.15) is 11.2 Å². The lowest BCUT2D eigenvalue weighted by Crippen LogP contribution is -2.00. The van der Waals surface area contributed by atoms with E-state index in [2.05, 4.69) is 65.6 Å². The lowest BCUT2D eigenvalue weighted by atomic mass is 9.92. The molecule has 0 fully saturated rings. The lowest BCUT2D eigenvalue weighted by molar-refractivity contribution is 0.669. The highest BCUT2D eigenvalue weighted by Crippen LogP contribution is 2.49. The van der Waals surface area contributed by atoms with Crippen LogP contribution in [0, 0.1) is 0 Å². The Kier molecular flexibility index (Phi) is 5.34. The molecular formula is C51H29N3OS2. The summed E-state index contributed by atoms with van der Waals surface area (Å²) < 4.78 is 95.7. The van der Waals surface area contributed by atoms with E-state index >= 15 is 0 Å². The molecule has 6 heteroatoms. The van der Waals surface area contributed by atoms with Crippen LogP contribution in [0.2, 0.25) is 0 Å². The van der Waals surface area contributed by atoms with Gasteiger partial charge < -0.3 is 4.42 Å². The average Bonchev–Trinajstić information content (AvgIpc) is 4.05. The Morgan fingerprint density at radius 1 is 0.404 bits per heavy atom. The Balaban J connectivity index is 1.12. The van der Waals surface area contributed by atoms with Crippen molar-refractivity contribution in [3.8, 4) is 56.4 Å². The summed E-state index contributed by atoms with van der Waals surface area (Å²) in [5.41, 5.74) is 5.62. The van der Waals surface area contributed by atoms with Crippen LogP contribution in [0.25, 0.3) is 119 Å². The van der Waals surface area contributed by atoms with Crippen LogP contribution in [0.4, 0.5) is 0 Å². The third kappa shape index (κ3) is 5.15. The first kappa shape index (κ1) is 23.8. The third-order valence-electron chi connectivity index (χ3n) is 10.3. The summed E-state index contributed by atoms with van der Waals surface area (Å²) in [6.45, 7) is 0. The number of nitrogens with zero attached hydrogens (tertiary/aromatic N) is 3. The van der Waals surface area contributed by atoms with Crippen LogP contribution >= 0.6 is 22.7 Å². The Morgan fingerprint density at radius 2 is 0.982 bits per heavy atom. The molecule has 0 bridgehead atoms. The second-order valence-corrected chi connectivity index (χ2v) is 15.6.